The van der Waals surface area contributed by atoms with Crippen LogP contribution in [0.3, 0.4) is 0 Å². The Bertz CT molecular complexity index is 1430. The van der Waals surface area contributed by atoms with Gasteiger partial charge in [0, 0.05) is 22.8 Å². The van der Waals surface area contributed by atoms with E-state index in [9.17, 15) is 9.50 Å². The van der Waals surface area contributed by atoms with Crippen LogP contribution in [-0.4, -0.2) is 53.9 Å². The molecule has 0 saturated carbocycles. The lowest BCUT2D eigenvalue weighted by atomic mass is 10.2. The van der Waals surface area contributed by atoms with Crippen LogP contribution >= 0.6 is 0 Å². The lowest BCUT2D eigenvalue weighted by molar-refractivity contribution is 0.000321. The largest absolute Gasteiger partial charge is 0.394 e. The topological polar surface area (TPSA) is 110 Å². The predicted molar refractivity (Wildman–Crippen MR) is 124 cm³/mol. The molecule has 3 heterocycles. The number of aromatic nitrogens is 5. The maximum atomic E-state index is 13.5. The molecule has 9 nitrogen and oxygen atoms in total. The summed E-state index contributed by atoms with van der Waals surface area (Å²) < 4.78 is 22.6. The summed E-state index contributed by atoms with van der Waals surface area (Å²) in [6.07, 6.45) is 4.13. The van der Waals surface area contributed by atoms with E-state index in [0.717, 1.165) is 33.2 Å². The molecule has 34 heavy (non-hydrogen) atoms. The van der Waals surface area contributed by atoms with Crippen LogP contribution in [0.4, 0.5) is 15.9 Å². The second kappa shape index (κ2) is 9.56. The first-order valence-corrected chi connectivity index (χ1v) is 10.8. The van der Waals surface area contributed by atoms with Crippen molar-refractivity contribution in [2.45, 2.75) is 19.3 Å². The summed E-state index contributed by atoms with van der Waals surface area (Å²) in [4.78, 5) is 4.40. The SMILES string of the molecule is OCC(O)COCc1ccn2ncnc(Nc3ccc4c(cnn4Cc4cccc(F)c4)c3)c12. The van der Waals surface area contributed by atoms with Gasteiger partial charge in [-0.15, -0.1) is 0 Å². The van der Waals surface area contributed by atoms with E-state index in [4.69, 9.17) is 9.84 Å². The number of anilines is 2. The van der Waals surface area contributed by atoms with Crippen molar-refractivity contribution >= 4 is 27.9 Å². The van der Waals surface area contributed by atoms with Crippen LogP contribution in [0, 0.1) is 5.82 Å². The highest BCUT2D eigenvalue weighted by molar-refractivity contribution is 5.85. The van der Waals surface area contributed by atoms with Gasteiger partial charge in [0.25, 0.3) is 0 Å². The van der Waals surface area contributed by atoms with Crippen LogP contribution in [0.25, 0.3) is 16.4 Å². The lowest BCUT2D eigenvalue weighted by Gasteiger charge is -2.11. The second-order valence-electron chi connectivity index (χ2n) is 7.93. The first kappa shape index (κ1) is 22.0. The fraction of sp³-hybridized carbons (Fsp3) is 0.208. The van der Waals surface area contributed by atoms with Crippen molar-refractivity contribution in [3.8, 4) is 0 Å². The normalized spacial score (nSPS) is 12.4. The van der Waals surface area contributed by atoms with Crippen LogP contribution in [-0.2, 0) is 17.9 Å². The predicted octanol–water partition coefficient (Wildman–Crippen LogP) is 2.88. The number of aliphatic hydroxyl groups is 2. The zero-order chi connectivity index (χ0) is 23.5. The molecule has 0 spiro atoms. The second-order valence-corrected chi connectivity index (χ2v) is 7.93. The Morgan fingerprint density at radius 1 is 1.12 bits per heavy atom. The van der Waals surface area contributed by atoms with Gasteiger partial charge in [-0.05, 0) is 42.0 Å². The summed E-state index contributed by atoms with van der Waals surface area (Å²) in [5.41, 5.74) is 4.19. The van der Waals surface area contributed by atoms with Gasteiger partial charge in [-0.2, -0.15) is 10.2 Å². The Balaban J connectivity index is 1.37. The minimum Gasteiger partial charge on any atom is -0.394 e. The number of halogens is 1. The van der Waals surface area contributed by atoms with Crippen LogP contribution in [0.15, 0.2) is 67.3 Å². The van der Waals surface area contributed by atoms with E-state index < -0.39 is 6.10 Å². The summed E-state index contributed by atoms with van der Waals surface area (Å²) in [6, 6.07) is 14.2. The highest BCUT2D eigenvalue weighted by atomic mass is 19.1. The monoisotopic (exact) mass is 462 g/mol. The van der Waals surface area contributed by atoms with Crippen molar-refractivity contribution in [2.24, 2.45) is 0 Å². The summed E-state index contributed by atoms with van der Waals surface area (Å²) >= 11 is 0. The first-order valence-electron chi connectivity index (χ1n) is 10.8. The van der Waals surface area contributed by atoms with Gasteiger partial charge < -0.3 is 20.3 Å². The molecule has 0 fully saturated rings. The fourth-order valence-corrected chi connectivity index (χ4v) is 3.82. The zero-order valence-corrected chi connectivity index (χ0v) is 18.2. The highest BCUT2D eigenvalue weighted by Gasteiger charge is 2.13. The summed E-state index contributed by atoms with van der Waals surface area (Å²) in [5, 5.41) is 31.4. The van der Waals surface area contributed by atoms with Gasteiger partial charge in [0.15, 0.2) is 5.82 Å². The number of nitrogens with one attached hydrogen (secondary N) is 1. The maximum absolute atomic E-state index is 13.5. The molecule has 3 N–H and O–H groups in total. The number of hydrogen-bond acceptors (Lipinski definition) is 7. The molecule has 3 aromatic heterocycles. The van der Waals surface area contributed by atoms with Gasteiger partial charge >= 0.3 is 0 Å². The Hall–Kier alpha value is -3.86. The molecule has 1 unspecified atom stereocenters. The number of fused-ring (bicyclic) bond motifs is 2. The molecule has 0 aliphatic carbocycles. The smallest absolute Gasteiger partial charge is 0.158 e. The van der Waals surface area contributed by atoms with Crippen molar-refractivity contribution in [3.05, 3.63) is 84.2 Å². The van der Waals surface area contributed by atoms with E-state index in [0.29, 0.717) is 12.4 Å². The minimum absolute atomic E-state index is 0.0283. The molecular weight excluding hydrogens is 439 g/mol. The quantitative estimate of drug-likeness (QED) is 0.309. The number of hydrogen-bond donors (Lipinski definition) is 3. The third kappa shape index (κ3) is 4.60. The zero-order valence-electron chi connectivity index (χ0n) is 18.2. The molecule has 174 valence electrons. The molecule has 10 heteroatoms. The fourth-order valence-electron chi connectivity index (χ4n) is 3.82. The molecule has 0 aliphatic heterocycles. The van der Waals surface area contributed by atoms with Crippen LogP contribution in [0.2, 0.25) is 0 Å². The molecule has 0 aliphatic rings. The van der Waals surface area contributed by atoms with Gasteiger partial charge in [-0.1, -0.05) is 12.1 Å². The summed E-state index contributed by atoms with van der Waals surface area (Å²) in [7, 11) is 0. The Kier molecular flexibility index (Phi) is 6.17. The van der Waals surface area contributed by atoms with Crippen molar-refractivity contribution in [3.63, 3.8) is 0 Å². The van der Waals surface area contributed by atoms with E-state index in [2.05, 4.69) is 20.5 Å². The Morgan fingerprint density at radius 3 is 2.88 bits per heavy atom. The third-order valence-electron chi connectivity index (χ3n) is 5.44. The third-order valence-corrected chi connectivity index (χ3v) is 5.44. The number of aliphatic hydroxyl groups excluding tert-OH is 2. The maximum Gasteiger partial charge on any atom is 0.158 e. The Labute approximate surface area is 194 Å². The molecule has 2 aromatic carbocycles. The van der Waals surface area contributed by atoms with Crippen molar-refractivity contribution in [2.75, 3.05) is 18.5 Å². The number of nitrogens with zero attached hydrogens (tertiary/aromatic N) is 5. The highest BCUT2D eigenvalue weighted by Crippen LogP contribution is 2.26. The molecule has 0 saturated heterocycles. The average Bonchev–Trinajstić information content (AvgIpc) is 3.43. The van der Waals surface area contributed by atoms with Gasteiger partial charge in [0.2, 0.25) is 0 Å². The van der Waals surface area contributed by atoms with Gasteiger partial charge in [-0.25, -0.2) is 13.9 Å². The molecule has 5 aromatic rings. The summed E-state index contributed by atoms with van der Waals surface area (Å²) in [6.45, 7) is 0.384. The first-order chi connectivity index (χ1) is 16.6. The van der Waals surface area contributed by atoms with Crippen molar-refractivity contribution < 1.29 is 19.3 Å². The minimum atomic E-state index is -0.920. The van der Waals surface area contributed by atoms with Crippen molar-refractivity contribution in [1.82, 2.24) is 24.4 Å². The van der Waals surface area contributed by atoms with Crippen LogP contribution < -0.4 is 5.32 Å². The molecule has 0 radical (unpaired) electrons. The number of benzene rings is 2. The lowest BCUT2D eigenvalue weighted by Crippen LogP contribution is -2.19. The molecule has 1 atom stereocenters. The van der Waals surface area contributed by atoms with E-state index >= 15 is 0 Å². The average molecular weight is 462 g/mol. The van der Waals surface area contributed by atoms with Gasteiger partial charge in [0.1, 0.15) is 23.8 Å². The van der Waals surface area contributed by atoms with Gasteiger partial charge in [0.05, 0.1) is 38.1 Å². The van der Waals surface area contributed by atoms with Crippen LogP contribution in [0.1, 0.15) is 11.1 Å². The van der Waals surface area contributed by atoms with E-state index in [-0.39, 0.29) is 25.6 Å². The molecule has 0 bridgehead atoms. The standard InChI is InChI=1S/C24H23FN6O3/c25-19-3-1-2-16(8-19)11-31-22-5-4-20(9-18(22)10-27-31)29-24-23-17(13-34-14-21(33)12-32)6-7-30(23)28-15-26-24/h1-10,15,21,32-33H,11-14H2,(H,26,28,29). The van der Waals surface area contributed by atoms with E-state index in [1.807, 2.05) is 41.2 Å². The van der Waals surface area contributed by atoms with E-state index in [1.165, 1.54) is 18.5 Å². The molecule has 0 amide bonds. The van der Waals surface area contributed by atoms with Crippen LogP contribution in [0.5, 0.6) is 0 Å². The molecule has 5 rings (SSSR count). The number of ether oxygens (including phenoxy) is 1. The summed E-state index contributed by atoms with van der Waals surface area (Å²) in [5.74, 6) is 0.337. The van der Waals surface area contributed by atoms with Crippen molar-refractivity contribution in [1.29, 1.82) is 0 Å². The van der Waals surface area contributed by atoms with Gasteiger partial charge in [-0.3, -0.25) is 4.68 Å². The van der Waals surface area contributed by atoms with E-state index in [1.54, 1.807) is 16.8 Å². The Morgan fingerprint density at radius 2 is 2.03 bits per heavy atom. The number of rotatable bonds is 9. The molecular formula is C24H23FN6O3.